The van der Waals surface area contributed by atoms with Crippen LogP contribution in [0.3, 0.4) is 0 Å². The average Bonchev–Trinajstić information content (AvgIpc) is 3.11. The molecule has 7 heteroatoms. The molecule has 3 rings (SSSR count). The van der Waals surface area contributed by atoms with Crippen molar-refractivity contribution < 1.29 is 4.79 Å². The van der Waals surface area contributed by atoms with Crippen molar-refractivity contribution in [2.24, 2.45) is 0 Å². The molecule has 1 amide bonds. The molecule has 3 aromatic rings. The number of aromatic amines is 1. The van der Waals surface area contributed by atoms with E-state index in [0.29, 0.717) is 24.7 Å². The number of rotatable bonds is 6. The fourth-order valence-corrected chi connectivity index (χ4v) is 3.27. The fraction of sp³-hybridized carbons (Fsp3) is 0.263. The van der Waals surface area contributed by atoms with Crippen LogP contribution in [0.5, 0.6) is 0 Å². The lowest BCUT2D eigenvalue weighted by Gasteiger charge is -2.05. The Bertz CT molecular complexity index is 947. The van der Waals surface area contributed by atoms with Crippen molar-refractivity contribution >= 4 is 17.2 Å². The molecule has 0 atom stereocenters. The molecule has 134 valence electrons. The molecule has 0 bridgehead atoms. The van der Waals surface area contributed by atoms with Gasteiger partial charge in [-0.25, -0.2) is 9.97 Å². The Kier molecular flexibility index (Phi) is 5.58. The summed E-state index contributed by atoms with van der Waals surface area (Å²) in [5, 5.41) is 5.84. The summed E-state index contributed by atoms with van der Waals surface area (Å²) < 4.78 is 0. The first kappa shape index (κ1) is 18.0. The van der Waals surface area contributed by atoms with Gasteiger partial charge < -0.3 is 10.3 Å². The zero-order valence-corrected chi connectivity index (χ0v) is 15.5. The van der Waals surface area contributed by atoms with Gasteiger partial charge in [-0.1, -0.05) is 44.2 Å². The minimum atomic E-state index is -0.452. The first-order valence-corrected chi connectivity index (χ1v) is 9.30. The fourth-order valence-electron chi connectivity index (χ4n) is 2.40. The maximum absolute atomic E-state index is 12.2. The normalized spacial score (nSPS) is 10.9. The van der Waals surface area contributed by atoms with Crippen molar-refractivity contribution in [1.82, 2.24) is 20.3 Å². The number of carbonyl (C=O) groups excluding carboxylic acids is 1. The van der Waals surface area contributed by atoms with Gasteiger partial charge in [0.05, 0.1) is 10.7 Å². The summed E-state index contributed by atoms with van der Waals surface area (Å²) in [7, 11) is 0. The van der Waals surface area contributed by atoms with E-state index in [4.69, 9.17) is 0 Å². The number of hydrogen-bond donors (Lipinski definition) is 2. The summed E-state index contributed by atoms with van der Waals surface area (Å²) in [6.45, 7) is 4.62. The first-order chi connectivity index (χ1) is 12.5. The highest BCUT2D eigenvalue weighted by molar-refractivity contribution is 7.09. The van der Waals surface area contributed by atoms with E-state index < -0.39 is 11.5 Å². The quantitative estimate of drug-likeness (QED) is 0.700. The van der Waals surface area contributed by atoms with E-state index in [2.05, 4.69) is 34.1 Å². The third-order valence-electron chi connectivity index (χ3n) is 3.82. The lowest BCUT2D eigenvalue weighted by molar-refractivity contribution is 0.0952. The van der Waals surface area contributed by atoms with Crippen molar-refractivity contribution in [3.8, 4) is 11.4 Å². The Morgan fingerprint density at radius 3 is 2.69 bits per heavy atom. The van der Waals surface area contributed by atoms with Crippen LogP contribution in [0.25, 0.3) is 11.4 Å². The second kappa shape index (κ2) is 8.05. The molecule has 2 N–H and O–H groups in total. The number of carbonyl (C=O) groups is 1. The maximum atomic E-state index is 12.2. The summed E-state index contributed by atoms with van der Waals surface area (Å²) in [4.78, 5) is 35.8. The largest absolute Gasteiger partial charge is 0.351 e. The average molecular weight is 368 g/mol. The summed E-state index contributed by atoms with van der Waals surface area (Å²) in [5.74, 6) is 0.407. The molecule has 0 aliphatic rings. The third kappa shape index (κ3) is 4.23. The SMILES string of the molecule is CC(C)c1nc(CCNC(=O)c2cnc(-c3ccccc3)[nH]c2=O)cs1. The van der Waals surface area contributed by atoms with Crippen molar-refractivity contribution in [2.45, 2.75) is 26.2 Å². The number of nitrogens with zero attached hydrogens (tertiary/aromatic N) is 2. The number of hydrogen-bond acceptors (Lipinski definition) is 5. The van der Waals surface area contributed by atoms with Crippen LogP contribution in [-0.4, -0.2) is 27.4 Å². The van der Waals surface area contributed by atoms with Gasteiger partial charge in [0, 0.05) is 36.0 Å². The van der Waals surface area contributed by atoms with Crippen molar-refractivity contribution in [1.29, 1.82) is 0 Å². The van der Waals surface area contributed by atoms with Crippen LogP contribution in [0, 0.1) is 0 Å². The molecule has 2 aromatic heterocycles. The maximum Gasteiger partial charge on any atom is 0.264 e. The molecule has 26 heavy (non-hydrogen) atoms. The lowest BCUT2D eigenvalue weighted by Crippen LogP contribution is -2.31. The topological polar surface area (TPSA) is 87.7 Å². The van der Waals surface area contributed by atoms with Crippen LogP contribution in [0.2, 0.25) is 0 Å². The molecule has 1 aromatic carbocycles. The second-order valence-corrected chi connectivity index (χ2v) is 7.07. The van der Waals surface area contributed by atoms with Crippen molar-refractivity contribution in [3.63, 3.8) is 0 Å². The molecule has 0 fully saturated rings. The van der Waals surface area contributed by atoms with Crippen LogP contribution in [0.4, 0.5) is 0 Å². The summed E-state index contributed by atoms with van der Waals surface area (Å²) >= 11 is 1.63. The molecule has 0 unspecified atom stereocenters. The van der Waals surface area contributed by atoms with Gasteiger partial charge in [0.2, 0.25) is 0 Å². The molecule has 6 nitrogen and oxygen atoms in total. The minimum absolute atomic E-state index is 0.00540. The number of aromatic nitrogens is 3. The van der Waals surface area contributed by atoms with Crippen LogP contribution < -0.4 is 10.9 Å². The number of thiazole rings is 1. The van der Waals surface area contributed by atoms with E-state index in [0.717, 1.165) is 16.3 Å². The van der Waals surface area contributed by atoms with Gasteiger partial charge >= 0.3 is 0 Å². The number of nitrogens with one attached hydrogen (secondary N) is 2. The predicted molar refractivity (Wildman–Crippen MR) is 103 cm³/mol. The van der Waals surface area contributed by atoms with Crippen LogP contribution >= 0.6 is 11.3 Å². The van der Waals surface area contributed by atoms with Crippen molar-refractivity contribution in [2.75, 3.05) is 6.54 Å². The number of H-pyrrole nitrogens is 1. The Morgan fingerprint density at radius 1 is 1.27 bits per heavy atom. The Morgan fingerprint density at radius 2 is 2.04 bits per heavy atom. The van der Waals surface area contributed by atoms with Gasteiger partial charge in [-0.3, -0.25) is 9.59 Å². The van der Waals surface area contributed by atoms with Gasteiger partial charge in [-0.15, -0.1) is 11.3 Å². The summed E-state index contributed by atoms with van der Waals surface area (Å²) in [6, 6.07) is 9.29. The highest BCUT2D eigenvalue weighted by Crippen LogP contribution is 2.19. The van der Waals surface area contributed by atoms with Gasteiger partial charge in [-0.2, -0.15) is 0 Å². The number of benzene rings is 1. The zero-order valence-electron chi connectivity index (χ0n) is 14.7. The monoisotopic (exact) mass is 368 g/mol. The van der Waals surface area contributed by atoms with Gasteiger partial charge in [0.25, 0.3) is 11.5 Å². The van der Waals surface area contributed by atoms with Crippen LogP contribution in [0.1, 0.15) is 40.8 Å². The Labute approximate surface area is 155 Å². The summed E-state index contributed by atoms with van der Waals surface area (Å²) in [6.07, 6.45) is 1.94. The first-order valence-electron chi connectivity index (χ1n) is 8.42. The van der Waals surface area contributed by atoms with Crippen LogP contribution in [0.15, 0.2) is 46.7 Å². The molecule has 0 saturated heterocycles. The van der Waals surface area contributed by atoms with E-state index in [1.165, 1.54) is 6.20 Å². The second-order valence-electron chi connectivity index (χ2n) is 6.18. The Hall–Kier alpha value is -2.80. The van der Waals surface area contributed by atoms with Crippen LogP contribution in [-0.2, 0) is 6.42 Å². The third-order valence-corrected chi connectivity index (χ3v) is 5.02. The van der Waals surface area contributed by atoms with Crippen molar-refractivity contribution in [3.05, 3.63) is 68.5 Å². The predicted octanol–water partition coefficient (Wildman–Crippen LogP) is 2.99. The zero-order chi connectivity index (χ0) is 18.5. The molecule has 0 radical (unpaired) electrons. The molecule has 0 aliphatic heterocycles. The number of amides is 1. The standard InChI is InChI=1S/C19H20N4O2S/c1-12(2)19-22-14(11-26-19)8-9-20-17(24)15-10-21-16(23-18(15)25)13-6-4-3-5-7-13/h3-7,10-12H,8-9H2,1-2H3,(H,20,24)(H,21,23,25). The van der Waals surface area contributed by atoms with E-state index in [1.807, 2.05) is 35.7 Å². The summed E-state index contributed by atoms with van der Waals surface area (Å²) in [5.41, 5.74) is 1.30. The smallest absolute Gasteiger partial charge is 0.264 e. The van der Waals surface area contributed by atoms with E-state index in [-0.39, 0.29) is 5.56 Å². The van der Waals surface area contributed by atoms with Gasteiger partial charge in [-0.05, 0) is 0 Å². The highest BCUT2D eigenvalue weighted by atomic mass is 32.1. The molecule has 0 aliphatic carbocycles. The molecule has 0 spiro atoms. The lowest BCUT2D eigenvalue weighted by atomic mass is 10.2. The molecule has 0 saturated carbocycles. The highest BCUT2D eigenvalue weighted by Gasteiger charge is 2.13. The van der Waals surface area contributed by atoms with E-state index in [9.17, 15) is 9.59 Å². The minimum Gasteiger partial charge on any atom is -0.351 e. The molecule has 2 heterocycles. The van der Waals surface area contributed by atoms with E-state index in [1.54, 1.807) is 11.3 Å². The van der Waals surface area contributed by atoms with Gasteiger partial charge in [0.1, 0.15) is 11.4 Å². The molecular weight excluding hydrogens is 348 g/mol. The van der Waals surface area contributed by atoms with Gasteiger partial charge in [0.15, 0.2) is 0 Å². The Balaban J connectivity index is 1.62. The molecular formula is C19H20N4O2S. The van der Waals surface area contributed by atoms with E-state index >= 15 is 0 Å².